The number of carbonyl (C=O) groups is 2. The Morgan fingerprint density at radius 3 is 2.56 bits per heavy atom. The topological polar surface area (TPSA) is 108 Å². The van der Waals surface area contributed by atoms with Crippen molar-refractivity contribution in [2.75, 3.05) is 38.2 Å². The summed E-state index contributed by atoms with van der Waals surface area (Å²) >= 11 is 12.0. The van der Waals surface area contributed by atoms with Crippen LogP contribution in [0.5, 0.6) is 0 Å². The number of hydrogen-bond acceptors (Lipinski definition) is 6. The normalized spacial score (nSPS) is 34.6. The van der Waals surface area contributed by atoms with Gasteiger partial charge in [-0.15, -0.1) is 0 Å². The van der Waals surface area contributed by atoms with Crippen LogP contribution in [-0.4, -0.2) is 72.2 Å². The number of halogens is 2. The third-order valence-electron chi connectivity index (χ3n) is 8.85. The molecule has 36 heavy (non-hydrogen) atoms. The van der Waals surface area contributed by atoms with E-state index in [0.717, 1.165) is 0 Å². The van der Waals surface area contributed by atoms with Crippen molar-refractivity contribution in [2.45, 2.75) is 58.2 Å². The van der Waals surface area contributed by atoms with E-state index in [0.29, 0.717) is 67.7 Å². The van der Waals surface area contributed by atoms with E-state index in [1.807, 2.05) is 11.8 Å². The number of rotatable bonds is 5. The van der Waals surface area contributed by atoms with Gasteiger partial charge in [0.1, 0.15) is 6.10 Å². The average Bonchev–Trinajstić information content (AvgIpc) is 2.86. The minimum Gasteiger partial charge on any atom is -0.445 e. The van der Waals surface area contributed by atoms with Gasteiger partial charge in [-0.1, -0.05) is 37.0 Å². The molecular formula is C26H36Cl2N2O6. The second-order valence-corrected chi connectivity index (χ2v) is 11.7. The van der Waals surface area contributed by atoms with Crippen LogP contribution in [0.25, 0.3) is 0 Å². The molecule has 200 valence electrons. The molecule has 1 saturated heterocycles. The van der Waals surface area contributed by atoms with Crippen molar-refractivity contribution < 1.29 is 29.3 Å². The van der Waals surface area contributed by atoms with Crippen molar-refractivity contribution >= 4 is 40.9 Å². The standard InChI is InChI=1S/C26H36Cl2N2O6/c1-25-8-7-22(36-24(34)29-16-3-4-18(27)19(28)13-16)26(2,15-31)21(25)6-5-20(32)17(25)14-23(33)30-9-11-35-12-10-30/h3-4,13,17,20-22,31-32H,5-12,14-15H2,1-2H3,(H,29,34). The van der Waals surface area contributed by atoms with Crippen molar-refractivity contribution in [1.29, 1.82) is 0 Å². The maximum absolute atomic E-state index is 13.1. The molecule has 2 saturated carbocycles. The van der Waals surface area contributed by atoms with Gasteiger partial charge in [-0.05, 0) is 61.1 Å². The van der Waals surface area contributed by atoms with Gasteiger partial charge in [-0.25, -0.2) is 4.79 Å². The molecule has 0 spiro atoms. The zero-order chi connectivity index (χ0) is 26.1. The highest BCUT2D eigenvalue weighted by Gasteiger charge is 2.60. The molecule has 3 fully saturated rings. The second-order valence-electron chi connectivity index (χ2n) is 10.9. The summed E-state index contributed by atoms with van der Waals surface area (Å²) in [5.41, 5.74) is -0.636. The van der Waals surface area contributed by atoms with Gasteiger partial charge < -0.3 is 24.6 Å². The summed E-state index contributed by atoms with van der Waals surface area (Å²) < 4.78 is 11.2. The number of fused-ring (bicyclic) bond motifs is 1. The fraction of sp³-hybridized carbons (Fsp3) is 0.692. The summed E-state index contributed by atoms with van der Waals surface area (Å²) in [6.07, 6.45) is 0.952. The molecule has 4 rings (SSSR count). The van der Waals surface area contributed by atoms with Gasteiger partial charge in [-0.3, -0.25) is 10.1 Å². The Hall–Kier alpha value is -1.58. The summed E-state index contributed by atoms with van der Waals surface area (Å²) in [4.78, 5) is 27.7. The molecule has 3 N–H and O–H groups in total. The van der Waals surface area contributed by atoms with Crippen molar-refractivity contribution in [3.63, 3.8) is 0 Å². The van der Waals surface area contributed by atoms with Crippen LogP contribution in [0.4, 0.5) is 10.5 Å². The monoisotopic (exact) mass is 542 g/mol. The number of nitrogens with zero attached hydrogens (tertiary/aromatic N) is 1. The molecule has 1 aromatic rings. The molecule has 0 aromatic heterocycles. The van der Waals surface area contributed by atoms with E-state index in [4.69, 9.17) is 32.7 Å². The maximum Gasteiger partial charge on any atom is 0.411 e. The third-order valence-corrected chi connectivity index (χ3v) is 9.59. The number of benzene rings is 1. The summed E-state index contributed by atoms with van der Waals surface area (Å²) in [7, 11) is 0. The number of hydrogen-bond donors (Lipinski definition) is 3. The highest BCUT2D eigenvalue weighted by atomic mass is 35.5. The highest BCUT2D eigenvalue weighted by Crippen LogP contribution is 2.61. The highest BCUT2D eigenvalue weighted by molar-refractivity contribution is 6.42. The van der Waals surface area contributed by atoms with Gasteiger partial charge in [0.05, 0.1) is 36.0 Å². The van der Waals surface area contributed by atoms with Crippen molar-refractivity contribution in [3.8, 4) is 0 Å². The maximum atomic E-state index is 13.1. The van der Waals surface area contributed by atoms with Gasteiger partial charge in [0.25, 0.3) is 0 Å². The first-order valence-electron chi connectivity index (χ1n) is 12.7. The average molecular weight is 543 g/mol. The fourth-order valence-corrected chi connectivity index (χ4v) is 7.06. The summed E-state index contributed by atoms with van der Waals surface area (Å²) in [6, 6.07) is 4.78. The van der Waals surface area contributed by atoms with Gasteiger partial charge in [0.15, 0.2) is 0 Å². The summed E-state index contributed by atoms with van der Waals surface area (Å²) in [5, 5.41) is 25.0. The number of carbonyl (C=O) groups excluding carboxylic acids is 2. The predicted molar refractivity (Wildman–Crippen MR) is 137 cm³/mol. The number of aliphatic hydroxyl groups excluding tert-OH is 2. The fourth-order valence-electron chi connectivity index (χ4n) is 6.76. The van der Waals surface area contributed by atoms with Crippen LogP contribution in [0.3, 0.4) is 0 Å². The van der Waals surface area contributed by atoms with Crippen molar-refractivity contribution in [3.05, 3.63) is 28.2 Å². The zero-order valence-corrected chi connectivity index (χ0v) is 22.4. The van der Waals surface area contributed by atoms with Crippen molar-refractivity contribution in [1.82, 2.24) is 4.90 Å². The van der Waals surface area contributed by atoms with E-state index >= 15 is 0 Å². The lowest BCUT2D eigenvalue weighted by molar-refractivity contribution is -0.187. The lowest BCUT2D eigenvalue weighted by atomic mass is 9.46. The Labute approximate surface area is 222 Å². The number of aliphatic hydroxyl groups is 2. The van der Waals surface area contributed by atoms with E-state index in [-0.39, 0.29) is 36.2 Å². The molecule has 1 aliphatic heterocycles. The first kappa shape index (κ1) is 27.5. The largest absolute Gasteiger partial charge is 0.445 e. The van der Waals surface area contributed by atoms with E-state index in [1.54, 1.807) is 18.2 Å². The predicted octanol–water partition coefficient (Wildman–Crippen LogP) is 4.35. The zero-order valence-electron chi connectivity index (χ0n) is 20.8. The number of morpholine rings is 1. The van der Waals surface area contributed by atoms with E-state index < -0.39 is 23.7 Å². The summed E-state index contributed by atoms with van der Waals surface area (Å²) in [5.74, 6) is -0.227. The van der Waals surface area contributed by atoms with Crippen LogP contribution in [0.1, 0.15) is 46.0 Å². The number of amides is 2. The van der Waals surface area contributed by atoms with Gasteiger partial charge >= 0.3 is 6.09 Å². The molecule has 0 radical (unpaired) electrons. The lowest BCUT2D eigenvalue weighted by Crippen LogP contribution is -2.61. The Kier molecular flexibility index (Phi) is 8.42. The summed E-state index contributed by atoms with van der Waals surface area (Å²) in [6.45, 7) is 6.11. The Morgan fingerprint density at radius 2 is 1.89 bits per heavy atom. The van der Waals surface area contributed by atoms with Crippen LogP contribution < -0.4 is 5.32 Å². The van der Waals surface area contributed by atoms with Gasteiger partial charge in [0.2, 0.25) is 5.91 Å². The van der Waals surface area contributed by atoms with E-state index in [1.165, 1.54) is 0 Å². The molecule has 8 nitrogen and oxygen atoms in total. The van der Waals surface area contributed by atoms with Crippen LogP contribution in [0.2, 0.25) is 10.0 Å². The molecule has 1 heterocycles. The molecule has 2 amide bonds. The van der Waals surface area contributed by atoms with E-state index in [2.05, 4.69) is 12.2 Å². The Morgan fingerprint density at radius 1 is 1.17 bits per heavy atom. The second kappa shape index (κ2) is 11.0. The van der Waals surface area contributed by atoms with Crippen molar-refractivity contribution in [2.24, 2.45) is 22.7 Å². The first-order valence-corrected chi connectivity index (χ1v) is 13.4. The smallest absolute Gasteiger partial charge is 0.411 e. The first-order chi connectivity index (χ1) is 17.1. The van der Waals surface area contributed by atoms with Crippen LogP contribution in [-0.2, 0) is 14.3 Å². The Balaban J connectivity index is 1.49. The lowest BCUT2D eigenvalue weighted by Gasteiger charge is -2.60. The van der Waals surface area contributed by atoms with Gasteiger partial charge in [0, 0.05) is 30.6 Å². The quantitative estimate of drug-likeness (QED) is 0.510. The number of ether oxygens (including phenoxy) is 2. The molecule has 6 unspecified atom stereocenters. The minimum absolute atomic E-state index is 0.0302. The molecular weight excluding hydrogens is 507 g/mol. The molecule has 6 atom stereocenters. The van der Waals surface area contributed by atoms with Gasteiger partial charge in [-0.2, -0.15) is 0 Å². The van der Waals surface area contributed by atoms with E-state index in [9.17, 15) is 19.8 Å². The van der Waals surface area contributed by atoms with Crippen LogP contribution in [0.15, 0.2) is 18.2 Å². The number of anilines is 1. The minimum atomic E-state index is -0.720. The molecule has 3 aliphatic rings. The number of nitrogens with one attached hydrogen (secondary N) is 1. The molecule has 0 bridgehead atoms. The third kappa shape index (κ3) is 5.34. The molecule has 10 heteroatoms. The van der Waals surface area contributed by atoms with Crippen LogP contribution >= 0.6 is 23.2 Å². The SMILES string of the molecule is CC1(CO)C(OC(=O)Nc2ccc(Cl)c(Cl)c2)CCC2(C)C(CC(=O)N3CCOCC3)C(O)CCC12. The van der Waals surface area contributed by atoms with Crippen LogP contribution in [0, 0.1) is 22.7 Å². The molecule has 2 aliphatic carbocycles. The Bertz CT molecular complexity index is 974. The molecule has 1 aromatic carbocycles.